The molecule has 4 rings (SSSR count). The molecule has 1 heterocycles. The maximum Gasteiger partial charge on any atom is 0.266 e. The number of nitrogens with one attached hydrogen (secondary N) is 2. The van der Waals surface area contributed by atoms with Gasteiger partial charge in [-0.1, -0.05) is 91.6 Å². The summed E-state index contributed by atoms with van der Waals surface area (Å²) < 4.78 is 12.3. The van der Waals surface area contributed by atoms with Crippen molar-refractivity contribution < 1.29 is 19.4 Å². The first-order valence-corrected chi connectivity index (χ1v) is 15.1. The van der Waals surface area contributed by atoms with Crippen molar-refractivity contribution in [3.63, 3.8) is 0 Å². The van der Waals surface area contributed by atoms with Crippen LogP contribution in [0.15, 0.2) is 95.0 Å². The average Bonchev–Trinajstić information content (AvgIpc) is 3.45. The van der Waals surface area contributed by atoms with Gasteiger partial charge in [-0.15, -0.1) is 0 Å². The Morgan fingerprint density at radius 2 is 1.86 bits per heavy atom. The number of amides is 1. The molecule has 0 aromatic heterocycles. The van der Waals surface area contributed by atoms with Crippen molar-refractivity contribution in [1.82, 2.24) is 10.9 Å². The molecule has 0 bridgehead atoms. The predicted molar refractivity (Wildman–Crippen MR) is 172 cm³/mol. The van der Waals surface area contributed by atoms with Crippen molar-refractivity contribution in [2.45, 2.75) is 57.2 Å². The highest BCUT2D eigenvalue weighted by Crippen LogP contribution is 2.44. The molecule has 0 unspecified atom stereocenters. The van der Waals surface area contributed by atoms with Crippen molar-refractivity contribution in [2.75, 3.05) is 19.8 Å². The summed E-state index contributed by atoms with van der Waals surface area (Å²) in [5, 5.41) is 12.8. The molecule has 1 aliphatic heterocycles. The zero-order valence-electron chi connectivity index (χ0n) is 25.1. The van der Waals surface area contributed by atoms with Crippen LogP contribution in [0, 0.1) is 0 Å². The van der Waals surface area contributed by atoms with E-state index in [4.69, 9.17) is 25.1 Å². The lowest BCUT2D eigenvalue weighted by molar-refractivity contribution is -0.129. The van der Waals surface area contributed by atoms with Gasteiger partial charge in [0.25, 0.3) is 5.91 Å². The lowest BCUT2D eigenvalue weighted by Crippen LogP contribution is -2.52. The molecule has 44 heavy (non-hydrogen) atoms. The molecule has 0 saturated heterocycles. The standard InChI is InChI=1S/C34H40N6O4/c1-2-3-9-22-36-39-33(42)34(21-10-14-26-12-5-4-6-13-26)31(30-16-8-7-15-28(30)25-37-40-35)44-32(38-34)27-17-19-29(20-18-27)43-24-11-23-41/h4-8,10,12-20,31,36,41H,2-3,9,11,21-25H2,1H3,(H,39,42)/b14-10+/t31-,34-/m0/s1. The summed E-state index contributed by atoms with van der Waals surface area (Å²) in [6.07, 6.45) is 6.94. The second-order valence-corrected chi connectivity index (χ2v) is 10.5. The summed E-state index contributed by atoms with van der Waals surface area (Å²) in [6, 6.07) is 24.7. The molecule has 10 nitrogen and oxygen atoms in total. The maximum atomic E-state index is 14.2. The fourth-order valence-electron chi connectivity index (χ4n) is 4.99. The number of hydrazine groups is 1. The largest absolute Gasteiger partial charge is 0.494 e. The zero-order valence-corrected chi connectivity index (χ0v) is 25.1. The lowest BCUT2D eigenvalue weighted by atomic mass is 9.82. The summed E-state index contributed by atoms with van der Waals surface area (Å²) in [5.74, 6) is 0.655. The van der Waals surface area contributed by atoms with Gasteiger partial charge >= 0.3 is 0 Å². The highest BCUT2D eigenvalue weighted by molar-refractivity contribution is 6.01. The number of aliphatic imine (C=N–C) groups is 1. The molecule has 0 aliphatic carbocycles. The van der Waals surface area contributed by atoms with Crippen LogP contribution in [0.25, 0.3) is 16.5 Å². The van der Waals surface area contributed by atoms with Crippen LogP contribution in [0.3, 0.4) is 0 Å². The highest BCUT2D eigenvalue weighted by Gasteiger charge is 2.53. The van der Waals surface area contributed by atoms with E-state index in [1.807, 2.05) is 91.0 Å². The van der Waals surface area contributed by atoms with Crippen molar-refractivity contribution in [1.29, 1.82) is 0 Å². The average molecular weight is 597 g/mol. The molecule has 1 aliphatic rings. The predicted octanol–water partition coefficient (Wildman–Crippen LogP) is 6.43. The van der Waals surface area contributed by atoms with Crippen LogP contribution in [0.4, 0.5) is 0 Å². The first-order chi connectivity index (χ1) is 21.6. The Labute approximate surface area is 258 Å². The van der Waals surface area contributed by atoms with E-state index in [2.05, 4.69) is 27.8 Å². The van der Waals surface area contributed by atoms with Crippen LogP contribution in [0.1, 0.15) is 67.4 Å². The minimum atomic E-state index is -1.37. The number of benzene rings is 3. The Balaban J connectivity index is 1.75. The van der Waals surface area contributed by atoms with Crippen LogP contribution in [0.2, 0.25) is 0 Å². The van der Waals surface area contributed by atoms with E-state index in [1.54, 1.807) is 0 Å². The first kappa shape index (κ1) is 32.3. The molecule has 3 N–H and O–H groups in total. The lowest BCUT2D eigenvalue weighted by Gasteiger charge is -2.31. The van der Waals surface area contributed by atoms with Crippen LogP contribution >= 0.6 is 0 Å². The van der Waals surface area contributed by atoms with Gasteiger partial charge in [0.05, 0.1) is 13.2 Å². The molecular formula is C34H40N6O4. The van der Waals surface area contributed by atoms with Gasteiger partial charge in [0, 0.05) is 36.5 Å². The van der Waals surface area contributed by atoms with Gasteiger partial charge in [-0.05, 0) is 52.9 Å². The number of aliphatic hydroxyl groups excluding tert-OH is 1. The molecule has 0 spiro atoms. The molecule has 3 aromatic carbocycles. The van der Waals surface area contributed by atoms with Gasteiger partial charge in [-0.2, -0.15) is 0 Å². The van der Waals surface area contributed by atoms with Crippen molar-refractivity contribution >= 4 is 17.9 Å². The second-order valence-electron chi connectivity index (χ2n) is 10.5. The molecule has 0 saturated carbocycles. The van der Waals surface area contributed by atoms with E-state index >= 15 is 0 Å². The Kier molecular flexibility index (Phi) is 12.4. The molecular weight excluding hydrogens is 556 g/mol. The molecule has 3 aromatic rings. The van der Waals surface area contributed by atoms with E-state index in [1.165, 1.54) is 0 Å². The van der Waals surface area contributed by atoms with Crippen LogP contribution in [-0.4, -0.2) is 42.2 Å². The Morgan fingerprint density at radius 3 is 2.61 bits per heavy atom. The van der Waals surface area contributed by atoms with Crippen molar-refractivity contribution in [2.24, 2.45) is 10.1 Å². The minimum Gasteiger partial charge on any atom is -0.494 e. The summed E-state index contributed by atoms with van der Waals surface area (Å²) >= 11 is 0. The highest BCUT2D eigenvalue weighted by atomic mass is 16.5. The Hall–Kier alpha value is -4.63. The van der Waals surface area contributed by atoms with Gasteiger partial charge in [0.1, 0.15) is 5.75 Å². The molecule has 230 valence electrons. The molecule has 1 amide bonds. The third-order valence-corrected chi connectivity index (χ3v) is 7.32. The fraction of sp³-hybridized carbons (Fsp3) is 0.353. The smallest absolute Gasteiger partial charge is 0.266 e. The number of hydrogen-bond donors (Lipinski definition) is 3. The van der Waals surface area contributed by atoms with Crippen molar-refractivity contribution in [3.05, 3.63) is 118 Å². The number of unbranched alkanes of at least 4 members (excludes halogenated alkanes) is 2. The van der Waals surface area contributed by atoms with E-state index in [9.17, 15) is 4.79 Å². The molecule has 0 radical (unpaired) electrons. The first-order valence-electron chi connectivity index (χ1n) is 15.1. The number of rotatable bonds is 17. The van der Waals surface area contributed by atoms with E-state index in [-0.39, 0.29) is 25.5 Å². The van der Waals surface area contributed by atoms with Crippen LogP contribution in [0.5, 0.6) is 5.75 Å². The topological polar surface area (TPSA) is 141 Å². The third kappa shape index (κ3) is 8.48. The van der Waals surface area contributed by atoms with E-state index in [0.29, 0.717) is 36.8 Å². The van der Waals surface area contributed by atoms with Gasteiger partial charge in [0.15, 0.2) is 11.6 Å². The number of carbonyl (C=O) groups is 1. The number of nitrogens with zero attached hydrogens (tertiary/aromatic N) is 4. The normalized spacial score (nSPS) is 17.5. The number of carbonyl (C=O) groups excluding carboxylic acids is 1. The third-order valence-electron chi connectivity index (χ3n) is 7.32. The van der Waals surface area contributed by atoms with Gasteiger partial charge < -0.3 is 14.6 Å². The Bertz CT molecular complexity index is 1450. The van der Waals surface area contributed by atoms with Gasteiger partial charge in [0.2, 0.25) is 5.90 Å². The van der Waals surface area contributed by atoms with Gasteiger partial charge in [-0.3, -0.25) is 10.2 Å². The molecule has 2 atom stereocenters. The van der Waals surface area contributed by atoms with E-state index in [0.717, 1.165) is 36.0 Å². The SMILES string of the molecule is CCCCCNNC(=O)[C@@]1(C/C=C/c2ccccc2)N=C(c2ccc(OCCCO)cc2)O[C@H]1c1ccccc1CN=[N+]=[N-]. The quantitative estimate of drug-likeness (QED) is 0.0541. The number of ether oxygens (including phenoxy) is 2. The number of aliphatic hydroxyl groups is 1. The van der Waals surface area contributed by atoms with Crippen LogP contribution in [-0.2, 0) is 16.1 Å². The summed E-state index contributed by atoms with van der Waals surface area (Å²) in [5.41, 5.74) is 16.8. The fourth-order valence-corrected chi connectivity index (χ4v) is 4.99. The second kappa shape index (κ2) is 16.9. The number of azide groups is 1. The Morgan fingerprint density at radius 1 is 1.09 bits per heavy atom. The van der Waals surface area contributed by atoms with Gasteiger partial charge in [-0.25, -0.2) is 10.4 Å². The summed E-state index contributed by atoms with van der Waals surface area (Å²) in [4.78, 5) is 22.2. The van der Waals surface area contributed by atoms with Crippen LogP contribution < -0.4 is 15.6 Å². The molecule has 10 heteroatoms. The maximum absolute atomic E-state index is 14.2. The molecule has 0 fully saturated rings. The summed E-state index contributed by atoms with van der Waals surface area (Å²) in [6.45, 7) is 3.32. The van der Waals surface area contributed by atoms with E-state index < -0.39 is 11.6 Å². The number of hydrogen-bond acceptors (Lipinski definition) is 7. The monoisotopic (exact) mass is 596 g/mol. The minimum absolute atomic E-state index is 0.0571. The summed E-state index contributed by atoms with van der Waals surface area (Å²) in [7, 11) is 0. The van der Waals surface area contributed by atoms with Crippen molar-refractivity contribution in [3.8, 4) is 5.75 Å². The zero-order chi connectivity index (χ0) is 31.0.